The maximum absolute atomic E-state index is 5.86. The summed E-state index contributed by atoms with van der Waals surface area (Å²) >= 11 is 17.5. The highest BCUT2D eigenvalue weighted by molar-refractivity contribution is 6.34. The molecule has 0 aliphatic rings. The molecule has 88 valence electrons. The number of hydrogen-bond acceptors (Lipinski definition) is 2. The molecule has 0 aliphatic carbocycles. The molecular formula is C12H8Cl3NO. The van der Waals surface area contributed by atoms with E-state index >= 15 is 0 Å². The minimum Gasteiger partial charge on any atom is -0.489 e. The highest BCUT2D eigenvalue weighted by Crippen LogP contribution is 2.24. The van der Waals surface area contributed by atoms with E-state index in [-0.39, 0.29) is 0 Å². The number of ether oxygens (including phenoxy) is 1. The molecule has 0 amide bonds. The highest BCUT2D eigenvalue weighted by Gasteiger charge is 2.01. The summed E-state index contributed by atoms with van der Waals surface area (Å²) in [5, 5.41) is 1.52. The Morgan fingerprint density at radius 2 is 1.71 bits per heavy atom. The van der Waals surface area contributed by atoms with Gasteiger partial charge in [0.15, 0.2) is 0 Å². The predicted molar refractivity (Wildman–Crippen MR) is 70.0 cm³/mol. The first-order valence-corrected chi connectivity index (χ1v) is 5.96. The summed E-state index contributed by atoms with van der Waals surface area (Å²) in [7, 11) is 0. The molecule has 2 nitrogen and oxygen atoms in total. The summed E-state index contributed by atoms with van der Waals surface area (Å²) in [5.74, 6) is 0.621. The Balaban J connectivity index is 2.07. The molecule has 17 heavy (non-hydrogen) atoms. The fourth-order valence-corrected chi connectivity index (χ4v) is 2.01. The molecule has 1 aromatic heterocycles. The lowest BCUT2D eigenvalue weighted by atomic mass is 10.3. The third-order valence-corrected chi connectivity index (χ3v) is 2.68. The van der Waals surface area contributed by atoms with Gasteiger partial charge < -0.3 is 4.74 Å². The Labute approximate surface area is 114 Å². The number of rotatable bonds is 3. The van der Waals surface area contributed by atoms with E-state index in [2.05, 4.69) is 4.98 Å². The molecule has 1 heterocycles. The van der Waals surface area contributed by atoms with E-state index in [4.69, 9.17) is 39.5 Å². The van der Waals surface area contributed by atoms with Crippen molar-refractivity contribution in [3.8, 4) is 5.75 Å². The molecule has 0 saturated carbocycles. The summed E-state index contributed by atoms with van der Waals surface area (Å²) in [6.07, 6.45) is 1.63. The molecule has 0 radical (unpaired) electrons. The molecule has 2 aromatic rings. The van der Waals surface area contributed by atoms with Gasteiger partial charge in [0, 0.05) is 16.2 Å². The summed E-state index contributed by atoms with van der Waals surface area (Å²) < 4.78 is 5.55. The van der Waals surface area contributed by atoms with Crippen molar-refractivity contribution in [3.63, 3.8) is 0 Å². The molecule has 0 saturated heterocycles. The molecule has 0 N–H and O–H groups in total. The quantitative estimate of drug-likeness (QED) is 0.769. The minimum atomic E-state index is 0.388. The van der Waals surface area contributed by atoms with Gasteiger partial charge in [0.05, 0.1) is 0 Å². The fraction of sp³-hybridized carbons (Fsp3) is 0.0833. The van der Waals surface area contributed by atoms with Crippen LogP contribution in [0.15, 0.2) is 36.5 Å². The largest absolute Gasteiger partial charge is 0.489 e. The Morgan fingerprint density at radius 1 is 1.00 bits per heavy atom. The molecule has 0 bridgehead atoms. The van der Waals surface area contributed by atoms with Gasteiger partial charge in [-0.25, -0.2) is 4.98 Å². The second-order valence-electron chi connectivity index (χ2n) is 3.38. The maximum atomic E-state index is 5.86. The number of hydrogen-bond donors (Lipinski definition) is 0. The van der Waals surface area contributed by atoms with E-state index in [0.29, 0.717) is 27.6 Å². The maximum Gasteiger partial charge on any atom is 0.129 e. The third-order valence-electron chi connectivity index (χ3n) is 2.03. The predicted octanol–water partition coefficient (Wildman–Crippen LogP) is 4.62. The van der Waals surface area contributed by atoms with E-state index in [9.17, 15) is 0 Å². The van der Waals surface area contributed by atoms with Crippen LogP contribution in [0.2, 0.25) is 15.2 Å². The van der Waals surface area contributed by atoms with E-state index in [1.54, 1.807) is 30.5 Å². The van der Waals surface area contributed by atoms with E-state index in [1.807, 2.05) is 6.07 Å². The van der Waals surface area contributed by atoms with Crippen molar-refractivity contribution in [3.05, 3.63) is 57.3 Å². The summed E-state index contributed by atoms with van der Waals surface area (Å²) in [6.45, 7) is 0.388. The molecule has 1 aromatic carbocycles. The van der Waals surface area contributed by atoms with Crippen molar-refractivity contribution >= 4 is 34.8 Å². The van der Waals surface area contributed by atoms with Crippen molar-refractivity contribution in [2.24, 2.45) is 0 Å². The zero-order chi connectivity index (χ0) is 12.3. The van der Waals surface area contributed by atoms with Gasteiger partial charge in [-0.3, -0.25) is 0 Å². The average Bonchev–Trinajstić information content (AvgIpc) is 2.25. The van der Waals surface area contributed by atoms with Crippen LogP contribution in [0.4, 0.5) is 0 Å². The number of benzene rings is 1. The Morgan fingerprint density at radius 3 is 2.35 bits per heavy atom. The van der Waals surface area contributed by atoms with Gasteiger partial charge in [-0.05, 0) is 35.9 Å². The van der Waals surface area contributed by atoms with Crippen molar-refractivity contribution in [1.82, 2.24) is 4.98 Å². The standard InChI is InChI=1S/C12H8Cl3NO/c13-9-4-10(14)6-11(5-9)17-7-8-1-2-16-12(15)3-8/h1-6H,7H2. The van der Waals surface area contributed by atoms with Crippen LogP contribution in [0, 0.1) is 0 Å². The van der Waals surface area contributed by atoms with Gasteiger partial charge in [-0.2, -0.15) is 0 Å². The lowest BCUT2D eigenvalue weighted by Crippen LogP contribution is -1.95. The van der Waals surface area contributed by atoms with Gasteiger partial charge in [0.1, 0.15) is 17.5 Å². The summed E-state index contributed by atoms with van der Waals surface area (Å²) in [4.78, 5) is 3.89. The monoisotopic (exact) mass is 287 g/mol. The lowest BCUT2D eigenvalue weighted by molar-refractivity contribution is 0.306. The van der Waals surface area contributed by atoms with Crippen LogP contribution in [0.1, 0.15) is 5.56 Å². The van der Waals surface area contributed by atoms with Crippen molar-refractivity contribution in [1.29, 1.82) is 0 Å². The van der Waals surface area contributed by atoms with Crippen molar-refractivity contribution < 1.29 is 4.74 Å². The van der Waals surface area contributed by atoms with Crippen LogP contribution in [0.25, 0.3) is 0 Å². The Kier molecular flexibility index (Phi) is 4.11. The minimum absolute atomic E-state index is 0.388. The highest BCUT2D eigenvalue weighted by atomic mass is 35.5. The normalized spacial score (nSPS) is 10.3. The van der Waals surface area contributed by atoms with Gasteiger partial charge in [-0.15, -0.1) is 0 Å². The number of aromatic nitrogens is 1. The van der Waals surface area contributed by atoms with Gasteiger partial charge in [0.25, 0.3) is 0 Å². The third kappa shape index (κ3) is 3.77. The fourth-order valence-electron chi connectivity index (χ4n) is 1.31. The van der Waals surface area contributed by atoms with E-state index in [1.165, 1.54) is 0 Å². The zero-order valence-electron chi connectivity index (χ0n) is 8.66. The molecule has 0 aliphatic heterocycles. The first-order valence-electron chi connectivity index (χ1n) is 4.83. The van der Waals surface area contributed by atoms with Crippen LogP contribution in [-0.4, -0.2) is 4.98 Å². The molecule has 0 atom stereocenters. The molecule has 0 fully saturated rings. The first-order chi connectivity index (χ1) is 8.13. The molecule has 0 unspecified atom stereocenters. The first kappa shape index (κ1) is 12.5. The van der Waals surface area contributed by atoms with Crippen LogP contribution in [-0.2, 0) is 6.61 Å². The molecular weight excluding hydrogens is 280 g/mol. The zero-order valence-corrected chi connectivity index (χ0v) is 10.9. The summed E-state index contributed by atoms with van der Waals surface area (Å²) in [5.41, 5.74) is 0.932. The number of halogens is 3. The van der Waals surface area contributed by atoms with Crippen LogP contribution in [0.5, 0.6) is 5.75 Å². The number of nitrogens with zero attached hydrogens (tertiary/aromatic N) is 1. The van der Waals surface area contributed by atoms with Crippen LogP contribution < -0.4 is 4.74 Å². The second-order valence-corrected chi connectivity index (χ2v) is 4.64. The second kappa shape index (κ2) is 5.58. The summed E-state index contributed by atoms with van der Waals surface area (Å²) in [6, 6.07) is 8.64. The van der Waals surface area contributed by atoms with Crippen molar-refractivity contribution in [2.45, 2.75) is 6.61 Å². The molecule has 2 rings (SSSR count). The Bertz CT molecular complexity index is 511. The van der Waals surface area contributed by atoms with Gasteiger partial charge >= 0.3 is 0 Å². The van der Waals surface area contributed by atoms with Crippen LogP contribution in [0.3, 0.4) is 0 Å². The van der Waals surface area contributed by atoms with Crippen LogP contribution >= 0.6 is 34.8 Å². The van der Waals surface area contributed by atoms with E-state index in [0.717, 1.165) is 5.56 Å². The Hall–Kier alpha value is -0.960. The number of pyridine rings is 1. The lowest BCUT2D eigenvalue weighted by Gasteiger charge is -2.07. The average molecular weight is 289 g/mol. The smallest absolute Gasteiger partial charge is 0.129 e. The topological polar surface area (TPSA) is 22.1 Å². The van der Waals surface area contributed by atoms with Gasteiger partial charge in [-0.1, -0.05) is 34.8 Å². The molecule has 0 spiro atoms. The van der Waals surface area contributed by atoms with Crippen molar-refractivity contribution in [2.75, 3.05) is 0 Å². The van der Waals surface area contributed by atoms with Gasteiger partial charge in [0.2, 0.25) is 0 Å². The SMILES string of the molecule is Clc1cc(Cl)cc(OCc2ccnc(Cl)c2)c1. The van der Waals surface area contributed by atoms with E-state index < -0.39 is 0 Å². The molecule has 5 heteroatoms.